The highest BCUT2D eigenvalue weighted by molar-refractivity contribution is 5.71. The van der Waals surface area contributed by atoms with E-state index in [2.05, 4.69) is 51.2 Å². The van der Waals surface area contributed by atoms with Crippen LogP contribution >= 0.6 is 0 Å². The van der Waals surface area contributed by atoms with Crippen molar-refractivity contribution >= 4 is 17.9 Å². The normalized spacial score (nSPS) is 13.4. The van der Waals surface area contributed by atoms with Gasteiger partial charge in [0.25, 0.3) is 0 Å². The van der Waals surface area contributed by atoms with Gasteiger partial charge in [0.1, 0.15) is 13.2 Å². The lowest BCUT2D eigenvalue weighted by atomic mass is 10.1. The molecule has 66 heavy (non-hydrogen) atoms. The molecule has 0 fully saturated rings. The molecule has 0 aromatic carbocycles. The van der Waals surface area contributed by atoms with Gasteiger partial charge < -0.3 is 14.2 Å². The zero-order valence-corrected chi connectivity index (χ0v) is 41.6. The van der Waals surface area contributed by atoms with Crippen molar-refractivity contribution in [3.05, 3.63) is 158 Å². The maximum atomic E-state index is 12.8. The highest BCUT2D eigenvalue weighted by Crippen LogP contribution is 2.12. The van der Waals surface area contributed by atoms with E-state index in [1.807, 2.05) is 128 Å². The summed E-state index contributed by atoms with van der Waals surface area (Å²) in [6, 6.07) is 0. The zero-order chi connectivity index (χ0) is 47.9. The van der Waals surface area contributed by atoms with Gasteiger partial charge in [-0.2, -0.15) is 0 Å². The van der Waals surface area contributed by atoms with E-state index in [0.29, 0.717) is 12.8 Å². The first-order chi connectivity index (χ1) is 32.5. The van der Waals surface area contributed by atoms with Crippen LogP contribution < -0.4 is 0 Å². The average molecular weight is 907 g/mol. The van der Waals surface area contributed by atoms with Gasteiger partial charge in [0, 0.05) is 19.3 Å². The summed E-state index contributed by atoms with van der Waals surface area (Å²) in [7, 11) is 0. The van der Waals surface area contributed by atoms with E-state index in [-0.39, 0.29) is 50.4 Å². The lowest BCUT2D eigenvalue weighted by Gasteiger charge is -2.18. The van der Waals surface area contributed by atoms with Crippen LogP contribution in [-0.4, -0.2) is 37.2 Å². The molecule has 0 rings (SSSR count). The van der Waals surface area contributed by atoms with Crippen LogP contribution in [0.1, 0.15) is 181 Å². The number of ether oxygens (including phenoxy) is 3. The maximum absolute atomic E-state index is 12.8. The molecule has 0 aromatic heterocycles. The van der Waals surface area contributed by atoms with Gasteiger partial charge in [-0.15, -0.1) is 0 Å². The summed E-state index contributed by atoms with van der Waals surface area (Å²) in [4.78, 5) is 38.0. The summed E-state index contributed by atoms with van der Waals surface area (Å²) in [6.07, 6.45) is 76.6. The van der Waals surface area contributed by atoms with Gasteiger partial charge in [0.2, 0.25) is 0 Å². The fraction of sp³-hybridized carbons (Fsp3) is 0.517. The molecule has 1 atom stereocenters. The second-order valence-electron chi connectivity index (χ2n) is 16.3. The van der Waals surface area contributed by atoms with E-state index in [0.717, 1.165) is 77.0 Å². The number of rotatable bonds is 43. The second-order valence-corrected chi connectivity index (χ2v) is 16.3. The molecule has 0 spiro atoms. The van der Waals surface area contributed by atoms with Crippen LogP contribution in [0.4, 0.5) is 0 Å². The lowest BCUT2D eigenvalue weighted by Crippen LogP contribution is -2.30. The van der Waals surface area contributed by atoms with Gasteiger partial charge in [-0.1, -0.05) is 243 Å². The van der Waals surface area contributed by atoms with E-state index in [4.69, 9.17) is 14.2 Å². The quantitative estimate of drug-likeness (QED) is 0.0199. The van der Waals surface area contributed by atoms with Crippen LogP contribution in [0.3, 0.4) is 0 Å². The number of carbonyl (C=O) groups is 3. The van der Waals surface area contributed by atoms with Crippen molar-refractivity contribution in [3.63, 3.8) is 0 Å². The molecule has 0 aliphatic heterocycles. The molecule has 0 aliphatic carbocycles. The monoisotopic (exact) mass is 907 g/mol. The van der Waals surface area contributed by atoms with Crippen molar-refractivity contribution in [1.29, 1.82) is 0 Å². The summed E-state index contributed by atoms with van der Waals surface area (Å²) < 4.78 is 16.7. The Bertz CT molecular complexity index is 1560. The Balaban J connectivity index is 4.63. The van der Waals surface area contributed by atoms with E-state index in [9.17, 15) is 14.4 Å². The first kappa shape index (κ1) is 61.0. The molecular weight excluding hydrogens is 817 g/mol. The molecule has 6 heteroatoms. The van der Waals surface area contributed by atoms with E-state index < -0.39 is 6.10 Å². The first-order valence-electron chi connectivity index (χ1n) is 25.7. The number of unbranched alkanes of at least 4 members (excludes halogenated alkanes) is 16. The average Bonchev–Trinajstić information content (AvgIpc) is 3.31. The Morgan fingerprint density at radius 2 is 0.621 bits per heavy atom. The molecule has 366 valence electrons. The Kier molecular flexibility index (Phi) is 48.7. The van der Waals surface area contributed by atoms with Crippen LogP contribution in [0.5, 0.6) is 0 Å². The molecule has 0 heterocycles. The largest absolute Gasteiger partial charge is 0.462 e. The minimum absolute atomic E-state index is 0.136. The predicted octanol–water partition coefficient (Wildman–Crippen LogP) is 17.0. The SMILES string of the molecule is CC\C=C/C=C\C=C/C=C\C=C/CCCC(=O)OCC(COC(=O)CCCCC\C=C/C=C\C=C\C=C/C=C\C=C/C=C\CC)OC(=O)CCCCCCC/C=C\CCCCCCCCC. The van der Waals surface area contributed by atoms with Gasteiger partial charge in [-0.25, -0.2) is 0 Å². The molecular formula is C60H90O6. The molecule has 0 radical (unpaired) electrons. The molecule has 0 aromatic rings. The summed E-state index contributed by atoms with van der Waals surface area (Å²) in [6.45, 7) is 6.20. The topological polar surface area (TPSA) is 78.9 Å². The van der Waals surface area contributed by atoms with Crippen molar-refractivity contribution < 1.29 is 28.6 Å². The Morgan fingerprint density at radius 3 is 1.05 bits per heavy atom. The van der Waals surface area contributed by atoms with Crippen molar-refractivity contribution in [2.45, 2.75) is 187 Å². The third kappa shape index (κ3) is 50.0. The number of carbonyl (C=O) groups excluding carboxylic acids is 3. The summed E-state index contributed by atoms with van der Waals surface area (Å²) in [5, 5.41) is 0. The van der Waals surface area contributed by atoms with Crippen molar-refractivity contribution in [2.75, 3.05) is 13.2 Å². The van der Waals surface area contributed by atoms with E-state index >= 15 is 0 Å². The number of esters is 3. The van der Waals surface area contributed by atoms with Crippen molar-refractivity contribution in [1.82, 2.24) is 0 Å². The summed E-state index contributed by atoms with van der Waals surface area (Å²) in [5.74, 6) is -1.07. The third-order valence-corrected chi connectivity index (χ3v) is 10.1. The van der Waals surface area contributed by atoms with Gasteiger partial charge in [0.05, 0.1) is 0 Å². The van der Waals surface area contributed by atoms with Gasteiger partial charge in [-0.3, -0.25) is 14.4 Å². The lowest BCUT2D eigenvalue weighted by molar-refractivity contribution is -0.167. The van der Waals surface area contributed by atoms with Gasteiger partial charge in [-0.05, 0) is 77.0 Å². The first-order valence-corrected chi connectivity index (χ1v) is 25.7. The molecule has 0 amide bonds. The van der Waals surface area contributed by atoms with Crippen molar-refractivity contribution in [2.24, 2.45) is 0 Å². The summed E-state index contributed by atoms with van der Waals surface area (Å²) >= 11 is 0. The standard InChI is InChI=1S/C60H90O6/c1-4-7-10-13-16-19-22-25-27-29-30-31-33-35-38-41-44-47-50-53-59(62)65-56-57(55-64-58(61)52-49-46-43-40-37-34-24-21-18-15-12-9-6-3)66-60(63)54-51-48-45-42-39-36-32-28-26-23-20-17-14-11-8-5-2/h7,9-10,12-13,15-16,18-19,21-22,24-25,27-35,37-38,40,43,57H,4-6,8,11,14,17,20,23,26,36,39,41-42,44-56H2,1-3H3/b10-7-,12-9-,16-13-,18-15-,22-19-,24-21-,27-25-,30-29+,32-28-,33-31-,37-34-,38-35-,43-40-. The Labute approximate surface area is 403 Å². The maximum Gasteiger partial charge on any atom is 0.306 e. The second kappa shape index (κ2) is 52.7. The number of hydrogen-bond acceptors (Lipinski definition) is 6. The fourth-order valence-corrected chi connectivity index (χ4v) is 6.27. The van der Waals surface area contributed by atoms with Crippen LogP contribution in [0.25, 0.3) is 0 Å². The zero-order valence-electron chi connectivity index (χ0n) is 41.6. The van der Waals surface area contributed by atoms with Gasteiger partial charge >= 0.3 is 17.9 Å². The fourth-order valence-electron chi connectivity index (χ4n) is 6.27. The smallest absolute Gasteiger partial charge is 0.306 e. The van der Waals surface area contributed by atoms with Crippen LogP contribution in [0.2, 0.25) is 0 Å². The Morgan fingerprint density at radius 1 is 0.318 bits per heavy atom. The molecule has 0 saturated heterocycles. The number of hydrogen-bond donors (Lipinski definition) is 0. The molecule has 0 aliphatic rings. The summed E-state index contributed by atoms with van der Waals surface area (Å²) in [5.41, 5.74) is 0. The van der Waals surface area contributed by atoms with Crippen LogP contribution in [0.15, 0.2) is 158 Å². The van der Waals surface area contributed by atoms with E-state index in [1.54, 1.807) is 0 Å². The minimum atomic E-state index is -0.838. The Hall–Kier alpha value is -4.97. The molecule has 1 unspecified atom stereocenters. The molecule has 0 N–H and O–H groups in total. The van der Waals surface area contributed by atoms with Gasteiger partial charge in [0.15, 0.2) is 6.10 Å². The minimum Gasteiger partial charge on any atom is -0.462 e. The highest BCUT2D eigenvalue weighted by atomic mass is 16.6. The van der Waals surface area contributed by atoms with Crippen LogP contribution in [-0.2, 0) is 28.6 Å². The molecule has 0 saturated carbocycles. The predicted molar refractivity (Wildman–Crippen MR) is 283 cm³/mol. The highest BCUT2D eigenvalue weighted by Gasteiger charge is 2.19. The molecule has 0 bridgehead atoms. The van der Waals surface area contributed by atoms with E-state index in [1.165, 1.54) is 51.4 Å². The van der Waals surface area contributed by atoms with Crippen molar-refractivity contribution in [3.8, 4) is 0 Å². The third-order valence-electron chi connectivity index (χ3n) is 10.1. The van der Waals surface area contributed by atoms with Crippen LogP contribution in [0, 0.1) is 0 Å². The number of allylic oxidation sites excluding steroid dienone is 26. The molecule has 6 nitrogen and oxygen atoms in total.